The van der Waals surface area contributed by atoms with Crippen LogP contribution in [0.2, 0.25) is 0 Å². The van der Waals surface area contributed by atoms with Gasteiger partial charge < -0.3 is 20.1 Å². The molecule has 2 N–H and O–H groups in total. The summed E-state index contributed by atoms with van der Waals surface area (Å²) in [4.78, 5) is 0. The van der Waals surface area contributed by atoms with Crippen LogP contribution in [-0.2, 0) is 31.8 Å². The summed E-state index contributed by atoms with van der Waals surface area (Å²) >= 11 is 0. The Kier molecular flexibility index (Phi) is 103. The van der Waals surface area contributed by atoms with Crippen LogP contribution >= 0.6 is 0 Å². The van der Waals surface area contributed by atoms with Crippen molar-refractivity contribution in [1.82, 2.24) is 0 Å². The SMILES string of the molecule is O=S(=O)([O-])O.O=S(=O)([O-])O.[K+].[K+].[K+].[K+].[O-2].[O-2].[Pb+2]. The van der Waals surface area contributed by atoms with E-state index in [0.717, 1.165) is 0 Å². The van der Waals surface area contributed by atoms with Gasteiger partial charge >= 0.3 is 233 Å². The quantitative estimate of drug-likeness (QED) is 0.157. The van der Waals surface area contributed by atoms with E-state index in [1.165, 1.54) is 0 Å². The van der Waals surface area contributed by atoms with Crippen molar-refractivity contribution >= 4 is 48.1 Å². The van der Waals surface area contributed by atoms with Crippen LogP contribution in [0.15, 0.2) is 0 Å². The van der Waals surface area contributed by atoms with E-state index in [1.807, 2.05) is 0 Å². The predicted octanol–water partition coefficient (Wildman–Crippen LogP) is -14.6. The van der Waals surface area contributed by atoms with E-state index in [0.29, 0.717) is 0 Å². The van der Waals surface area contributed by atoms with Crippen LogP contribution in [-0.4, -0.2) is 62.3 Å². The summed E-state index contributed by atoms with van der Waals surface area (Å²) in [6.45, 7) is 0. The first-order valence-corrected chi connectivity index (χ1v) is 4.10. The first-order chi connectivity index (χ1) is 4.00. The van der Waals surface area contributed by atoms with E-state index in [4.69, 9.17) is 35.0 Å². The fraction of sp³-hybridized carbons (Fsp3) is 0. The van der Waals surface area contributed by atoms with E-state index in [1.54, 1.807) is 0 Å². The standard InChI is InChI=1S/4K.2H2O4S.2O.Pb/c;;;;2*1-5(2,3)4;;;/h;;;;2*(H2,1,2,3,4);;;/q4*+1;;;2*-2;+2/p-2. The molecule has 0 aromatic heterocycles. The van der Waals surface area contributed by atoms with Crippen LogP contribution in [0.5, 0.6) is 0 Å². The van der Waals surface area contributed by atoms with Crippen molar-refractivity contribution in [3.63, 3.8) is 0 Å². The molecule has 0 aromatic carbocycles. The molecule has 17 heavy (non-hydrogen) atoms. The van der Waals surface area contributed by atoms with Crippen LogP contribution in [0.25, 0.3) is 0 Å². The summed E-state index contributed by atoms with van der Waals surface area (Å²) in [6, 6.07) is 0. The van der Waals surface area contributed by atoms with Crippen molar-refractivity contribution in [1.29, 1.82) is 0 Å². The molecule has 0 bridgehead atoms. The molecule has 0 aromatic rings. The fourth-order valence-corrected chi connectivity index (χ4v) is 0. The third-order valence-corrected chi connectivity index (χ3v) is 0. The normalized spacial score (nSPS) is 6.82. The molecule has 0 saturated heterocycles. The molecular weight excluding hydrogens is 588 g/mol. The van der Waals surface area contributed by atoms with Crippen LogP contribution in [0.4, 0.5) is 0 Å². The Morgan fingerprint density at radius 1 is 0.647 bits per heavy atom. The largest absolute Gasteiger partial charge is 2.00 e. The Morgan fingerprint density at radius 3 is 0.647 bits per heavy atom. The number of hydrogen-bond acceptors (Lipinski definition) is 6. The summed E-state index contributed by atoms with van der Waals surface area (Å²) in [7, 11) is -9.83. The Morgan fingerprint density at radius 2 is 0.647 bits per heavy atom. The van der Waals surface area contributed by atoms with Crippen LogP contribution in [0.1, 0.15) is 0 Å². The second-order valence-corrected chi connectivity index (χ2v) is 2.57. The van der Waals surface area contributed by atoms with E-state index >= 15 is 0 Å². The zero-order valence-corrected chi connectivity index (χ0v) is 27.5. The van der Waals surface area contributed by atoms with E-state index < -0.39 is 20.8 Å². The molecular formula is H2K4O10PbS2. The minimum Gasteiger partial charge on any atom is -2.00 e. The van der Waals surface area contributed by atoms with Gasteiger partial charge in [0.2, 0.25) is 20.8 Å². The van der Waals surface area contributed by atoms with Gasteiger partial charge in [0.25, 0.3) is 0 Å². The van der Waals surface area contributed by atoms with Gasteiger partial charge in [0.1, 0.15) is 0 Å². The summed E-state index contributed by atoms with van der Waals surface area (Å²) in [6.07, 6.45) is 0. The summed E-state index contributed by atoms with van der Waals surface area (Å²) in [5, 5.41) is 0. The van der Waals surface area contributed by atoms with Crippen molar-refractivity contribution in [2.45, 2.75) is 0 Å². The molecule has 0 aliphatic carbocycles. The minimum absolute atomic E-state index is 0. The molecule has 0 amide bonds. The Balaban J connectivity index is -0.00000000762. The molecule has 0 rings (SSSR count). The molecule has 82 valence electrons. The van der Waals surface area contributed by atoms with Gasteiger partial charge in [-0.2, -0.15) is 0 Å². The van der Waals surface area contributed by atoms with Gasteiger partial charge in [0.05, 0.1) is 0 Å². The Bertz CT molecular complexity index is 223. The molecule has 0 spiro atoms. The van der Waals surface area contributed by atoms with Crippen molar-refractivity contribution in [2.24, 2.45) is 0 Å². The van der Waals surface area contributed by atoms with Gasteiger partial charge in [0.15, 0.2) is 0 Å². The second kappa shape index (κ2) is 31.0. The number of hydrogen-bond donors (Lipinski definition) is 2. The molecule has 2 radical (unpaired) electrons. The third-order valence-electron chi connectivity index (χ3n) is 0. The van der Waals surface area contributed by atoms with Crippen molar-refractivity contribution < 1.29 is 252 Å². The third kappa shape index (κ3) is 203. The Hall–Kier alpha value is 7.13. The van der Waals surface area contributed by atoms with Crippen molar-refractivity contribution in [3.05, 3.63) is 0 Å². The van der Waals surface area contributed by atoms with E-state index in [9.17, 15) is 0 Å². The summed E-state index contributed by atoms with van der Waals surface area (Å²) in [5.74, 6) is 0. The maximum absolute atomic E-state index is 8.63. The van der Waals surface area contributed by atoms with Gasteiger partial charge in [-0.25, -0.2) is 16.8 Å². The molecule has 0 atom stereocenters. The van der Waals surface area contributed by atoms with Crippen molar-refractivity contribution in [2.75, 3.05) is 0 Å². The maximum Gasteiger partial charge on any atom is 2.00 e. The molecule has 10 nitrogen and oxygen atoms in total. The van der Waals surface area contributed by atoms with Crippen LogP contribution < -0.4 is 206 Å². The molecule has 0 fully saturated rings. The average molecular weight is 590 g/mol. The fourth-order valence-electron chi connectivity index (χ4n) is 0. The molecule has 0 aliphatic rings. The van der Waals surface area contributed by atoms with Gasteiger partial charge in [-0.15, -0.1) is 0 Å². The molecule has 0 saturated carbocycles. The second-order valence-electron chi connectivity index (χ2n) is 0.855. The molecule has 0 heterocycles. The minimum atomic E-state index is -4.92. The van der Waals surface area contributed by atoms with Crippen molar-refractivity contribution in [3.8, 4) is 0 Å². The van der Waals surface area contributed by atoms with E-state index in [2.05, 4.69) is 0 Å². The number of rotatable bonds is 0. The van der Waals surface area contributed by atoms with Crippen LogP contribution in [0, 0.1) is 0 Å². The Labute approximate surface area is 290 Å². The molecule has 0 aliphatic heterocycles. The molecule has 17 heteroatoms. The average Bonchev–Trinajstić information content (AvgIpc) is 1.12. The van der Waals surface area contributed by atoms with Gasteiger partial charge in [-0.05, 0) is 0 Å². The van der Waals surface area contributed by atoms with Gasteiger partial charge in [-0.3, -0.25) is 9.11 Å². The van der Waals surface area contributed by atoms with Crippen LogP contribution in [0.3, 0.4) is 0 Å². The van der Waals surface area contributed by atoms with E-state index in [-0.39, 0.29) is 244 Å². The monoisotopic (exact) mass is 590 g/mol. The predicted molar refractivity (Wildman–Crippen MR) is 31.8 cm³/mol. The van der Waals surface area contributed by atoms with Gasteiger partial charge in [0, 0.05) is 0 Å². The van der Waals surface area contributed by atoms with Gasteiger partial charge in [-0.1, -0.05) is 0 Å². The zero-order valence-electron chi connectivity index (χ0n) is 9.48. The molecule has 0 unspecified atom stereocenters. The smallest absolute Gasteiger partial charge is 2.00 e. The topological polar surface area (TPSA) is 212 Å². The summed E-state index contributed by atoms with van der Waals surface area (Å²) < 4.78 is 65.7. The first-order valence-electron chi connectivity index (χ1n) is 1.37. The summed E-state index contributed by atoms with van der Waals surface area (Å²) in [5.41, 5.74) is 0. The zero-order chi connectivity index (χ0) is 9.00. The first kappa shape index (κ1) is 56.4. The maximum atomic E-state index is 8.63.